The molecule has 2 fully saturated rings. The van der Waals surface area contributed by atoms with Gasteiger partial charge in [-0.25, -0.2) is 9.59 Å². The molecule has 0 heterocycles. The number of nitrogens with two attached hydrogens (primary N) is 2. The molecule has 0 saturated heterocycles. The normalized spacial score (nSPS) is 18.5. The second-order valence-electron chi connectivity index (χ2n) is 7.93. The van der Waals surface area contributed by atoms with Crippen LogP contribution in [-0.2, 0) is 9.59 Å². The molecule has 2 unspecified atom stereocenters. The van der Waals surface area contributed by atoms with E-state index in [-0.39, 0.29) is 23.0 Å². The summed E-state index contributed by atoms with van der Waals surface area (Å²) < 4.78 is 0. The van der Waals surface area contributed by atoms with Gasteiger partial charge in [0.25, 0.3) is 0 Å². The molecule has 14 N–H and O–H groups in total. The summed E-state index contributed by atoms with van der Waals surface area (Å²) in [6, 6.07) is 4.76. The molecule has 198 valence electrons. The fraction of sp³-hybridized carbons (Fsp3) is 0.800. The highest BCUT2D eigenvalue weighted by Gasteiger charge is 2.29. The number of aliphatic hydroxyl groups is 2. The van der Waals surface area contributed by atoms with Gasteiger partial charge in [-0.3, -0.25) is 22.5 Å². The van der Waals surface area contributed by atoms with Crippen molar-refractivity contribution >= 4 is 11.9 Å². The first-order valence-electron chi connectivity index (χ1n) is 10.7. The summed E-state index contributed by atoms with van der Waals surface area (Å²) >= 11 is 0. The third-order valence-electron chi connectivity index (χ3n) is 5.79. The number of carboxylic acids is 2. The van der Waals surface area contributed by atoms with Crippen LogP contribution in [0.15, 0.2) is 0 Å². The Morgan fingerprint density at radius 2 is 1.03 bits per heavy atom. The monoisotopic (exact) mass is 492 g/mol. The Labute approximate surface area is 199 Å². The maximum absolute atomic E-state index is 9.77. The Morgan fingerprint density at radius 3 is 1.21 bits per heavy atom. The molecule has 0 amide bonds. The first-order chi connectivity index (χ1) is 15.2. The lowest BCUT2D eigenvalue weighted by atomic mass is 9.97. The van der Waals surface area contributed by atoms with E-state index in [1.54, 1.807) is 0 Å². The molecule has 0 aromatic carbocycles. The van der Waals surface area contributed by atoms with Crippen molar-refractivity contribution in [2.75, 3.05) is 0 Å². The lowest BCUT2D eigenvalue weighted by molar-refractivity contribution is -0.165. The predicted octanol–water partition coefficient (Wildman–Crippen LogP) is -1.93. The number of nitriles is 2. The Kier molecular flexibility index (Phi) is 22.5. The van der Waals surface area contributed by atoms with Crippen LogP contribution in [0.5, 0.6) is 0 Å². The predicted molar refractivity (Wildman–Crippen MR) is 121 cm³/mol. The Bertz CT molecular complexity index is 576. The molecular formula is C20H40N6O8. The third-order valence-corrected chi connectivity index (χ3v) is 5.79. The van der Waals surface area contributed by atoms with Crippen molar-refractivity contribution < 1.29 is 41.0 Å². The number of carboxylic acid groups (broad SMARTS) is 2. The number of hydrogen-bond donors (Lipinski definition) is 8. The smallest absolute Gasteiger partial charge is 0.335 e. The van der Waals surface area contributed by atoms with Gasteiger partial charge >= 0.3 is 11.9 Å². The standard InChI is InChI=1S/2C8H15N3.C4H6O6.2H2O/c2*9-6-5-8(11-10)7-3-1-2-4-7;5-1(3(7)8)2(6)4(9)10;;/h2*7-8,11H,1-5,10H2;1-2,5-6H,(H,7,8)(H,9,10);2*1H2/t2*8-;;;/m11.../s1. The van der Waals surface area contributed by atoms with Gasteiger partial charge in [-0.05, 0) is 37.5 Å². The number of rotatable bonds is 9. The highest BCUT2D eigenvalue weighted by atomic mass is 16.4. The maximum Gasteiger partial charge on any atom is 0.335 e. The SMILES string of the molecule is N#CC[C@@H](NN)C1CCCC1.N#CC[C@@H](NN)C1CCCC1.O.O.O=C(O)C(O)C(O)C(=O)O. The van der Waals surface area contributed by atoms with Gasteiger partial charge in [-0.2, -0.15) is 10.5 Å². The summed E-state index contributed by atoms with van der Waals surface area (Å²) in [6.45, 7) is 0. The highest BCUT2D eigenvalue weighted by Crippen LogP contribution is 2.29. The fourth-order valence-electron chi connectivity index (χ4n) is 3.91. The van der Waals surface area contributed by atoms with E-state index in [1.807, 2.05) is 0 Å². The minimum atomic E-state index is -2.27. The van der Waals surface area contributed by atoms with Crippen LogP contribution in [-0.4, -0.2) is 67.6 Å². The van der Waals surface area contributed by atoms with Crippen molar-refractivity contribution in [3.05, 3.63) is 0 Å². The molecule has 2 rings (SSSR count). The van der Waals surface area contributed by atoms with Crippen LogP contribution in [0.2, 0.25) is 0 Å². The topological polar surface area (TPSA) is 302 Å². The molecule has 0 aliphatic heterocycles. The Balaban J connectivity index is -0.000000413. The van der Waals surface area contributed by atoms with Crippen molar-refractivity contribution in [3.8, 4) is 12.1 Å². The van der Waals surface area contributed by atoms with Crippen LogP contribution in [0.4, 0.5) is 0 Å². The second-order valence-corrected chi connectivity index (χ2v) is 7.93. The molecule has 14 nitrogen and oxygen atoms in total. The van der Waals surface area contributed by atoms with Crippen LogP contribution in [0, 0.1) is 34.5 Å². The van der Waals surface area contributed by atoms with Crippen molar-refractivity contribution in [2.45, 2.75) is 88.5 Å². The molecule has 0 aromatic rings. The van der Waals surface area contributed by atoms with Gasteiger partial charge in [-0.15, -0.1) is 0 Å². The summed E-state index contributed by atoms with van der Waals surface area (Å²) in [5.74, 6) is 8.42. The van der Waals surface area contributed by atoms with Gasteiger partial charge in [0.1, 0.15) is 0 Å². The number of carbonyl (C=O) groups is 2. The first-order valence-corrected chi connectivity index (χ1v) is 10.7. The molecule has 14 heteroatoms. The molecule has 2 aliphatic rings. The molecule has 2 saturated carbocycles. The fourth-order valence-corrected chi connectivity index (χ4v) is 3.91. The summed E-state index contributed by atoms with van der Waals surface area (Å²) in [4.78, 5) is 19.5. The van der Waals surface area contributed by atoms with Crippen molar-refractivity contribution in [2.24, 2.45) is 23.5 Å². The van der Waals surface area contributed by atoms with E-state index in [0.29, 0.717) is 24.7 Å². The zero-order valence-electron chi connectivity index (χ0n) is 19.2. The lowest BCUT2D eigenvalue weighted by Gasteiger charge is -2.18. The number of aliphatic carboxylic acids is 2. The second kappa shape index (κ2) is 21.2. The van der Waals surface area contributed by atoms with Crippen molar-refractivity contribution in [1.29, 1.82) is 10.5 Å². The lowest BCUT2D eigenvalue weighted by Crippen LogP contribution is -2.39. The molecule has 0 aromatic heterocycles. The maximum atomic E-state index is 9.77. The minimum absolute atomic E-state index is 0. The van der Waals surface area contributed by atoms with E-state index >= 15 is 0 Å². The number of hydrogen-bond acceptors (Lipinski definition) is 10. The van der Waals surface area contributed by atoms with E-state index < -0.39 is 24.1 Å². The van der Waals surface area contributed by atoms with Gasteiger partial charge in [0, 0.05) is 12.1 Å². The van der Waals surface area contributed by atoms with Gasteiger partial charge in [0.2, 0.25) is 0 Å². The molecule has 4 atom stereocenters. The van der Waals surface area contributed by atoms with Crippen molar-refractivity contribution in [3.63, 3.8) is 0 Å². The quantitative estimate of drug-likeness (QED) is 0.129. The van der Waals surface area contributed by atoms with Crippen LogP contribution >= 0.6 is 0 Å². The Hall–Kier alpha value is -2.40. The zero-order chi connectivity index (χ0) is 24.5. The van der Waals surface area contributed by atoms with Crippen LogP contribution in [0.1, 0.15) is 64.2 Å². The summed E-state index contributed by atoms with van der Waals surface area (Å²) in [6.07, 6.45) is 6.68. The number of aliphatic hydroxyl groups excluding tert-OH is 2. The largest absolute Gasteiger partial charge is 0.479 e. The van der Waals surface area contributed by atoms with Gasteiger partial charge in [0.15, 0.2) is 12.2 Å². The highest BCUT2D eigenvalue weighted by molar-refractivity contribution is 5.83. The van der Waals surface area contributed by atoms with E-state index in [9.17, 15) is 9.59 Å². The van der Waals surface area contributed by atoms with E-state index in [0.717, 1.165) is 0 Å². The van der Waals surface area contributed by atoms with Gasteiger partial charge in [0.05, 0.1) is 25.0 Å². The van der Waals surface area contributed by atoms with Crippen LogP contribution in [0.25, 0.3) is 0 Å². The molecule has 0 bridgehead atoms. The number of hydrazine groups is 2. The molecule has 0 spiro atoms. The molecular weight excluding hydrogens is 452 g/mol. The summed E-state index contributed by atoms with van der Waals surface area (Å²) in [7, 11) is 0. The number of nitrogens with one attached hydrogen (secondary N) is 2. The van der Waals surface area contributed by atoms with Gasteiger partial charge in [-0.1, -0.05) is 25.7 Å². The average molecular weight is 493 g/mol. The third kappa shape index (κ3) is 14.0. The van der Waals surface area contributed by atoms with Crippen LogP contribution < -0.4 is 22.5 Å². The van der Waals surface area contributed by atoms with Crippen LogP contribution in [0.3, 0.4) is 0 Å². The van der Waals surface area contributed by atoms with Gasteiger partial charge < -0.3 is 31.4 Å². The molecule has 34 heavy (non-hydrogen) atoms. The first kappa shape index (κ1) is 36.2. The molecule has 0 radical (unpaired) electrons. The van der Waals surface area contributed by atoms with E-state index in [1.165, 1.54) is 51.4 Å². The summed E-state index contributed by atoms with van der Waals surface area (Å²) in [5, 5.41) is 49.5. The van der Waals surface area contributed by atoms with Crippen molar-refractivity contribution in [1.82, 2.24) is 10.9 Å². The average Bonchev–Trinajstić information content (AvgIpc) is 3.50. The zero-order valence-corrected chi connectivity index (χ0v) is 19.2. The van der Waals surface area contributed by atoms with E-state index in [2.05, 4.69) is 23.0 Å². The molecule has 2 aliphatic carbocycles. The number of nitrogens with zero attached hydrogens (tertiary/aromatic N) is 2. The van der Waals surface area contributed by atoms with E-state index in [4.69, 9.17) is 42.6 Å². The minimum Gasteiger partial charge on any atom is -0.479 e. The summed E-state index contributed by atoms with van der Waals surface area (Å²) in [5.41, 5.74) is 5.44. The Morgan fingerprint density at radius 1 is 0.765 bits per heavy atom.